The van der Waals surface area contributed by atoms with Gasteiger partial charge in [0.2, 0.25) is 0 Å². The highest BCUT2D eigenvalue weighted by Gasteiger charge is 2.23. The standard InChI is InChI=1S/C11H21NO2/c1-12(9-10-3-4-10)6-5-11-13-7-2-8-14-11/h10-11H,2-9H2,1H3. The Balaban J connectivity index is 1.55. The molecule has 0 spiro atoms. The molecule has 1 aliphatic carbocycles. The molecule has 0 bridgehead atoms. The zero-order valence-electron chi connectivity index (χ0n) is 9.08. The average Bonchev–Trinajstić information content (AvgIpc) is 3.00. The molecule has 0 aromatic rings. The summed E-state index contributed by atoms with van der Waals surface area (Å²) >= 11 is 0. The smallest absolute Gasteiger partial charge is 0.158 e. The quantitative estimate of drug-likeness (QED) is 0.669. The Labute approximate surface area is 86.4 Å². The highest BCUT2D eigenvalue weighted by molar-refractivity contribution is 4.76. The van der Waals surface area contributed by atoms with Crippen LogP contribution in [0.4, 0.5) is 0 Å². The minimum Gasteiger partial charge on any atom is -0.353 e. The summed E-state index contributed by atoms with van der Waals surface area (Å²) in [6, 6.07) is 0. The maximum atomic E-state index is 5.50. The second kappa shape index (κ2) is 5.10. The van der Waals surface area contributed by atoms with E-state index in [1.54, 1.807) is 0 Å². The molecule has 2 aliphatic rings. The van der Waals surface area contributed by atoms with Gasteiger partial charge in [-0.3, -0.25) is 0 Å². The van der Waals surface area contributed by atoms with Crippen LogP contribution in [-0.4, -0.2) is 44.5 Å². The van der Waals surface area contributed by atoms with Gasteiger partial charge >= 0.3 is 0 Å². The van der Waals surface area contributed by atoms with Crippen LogP contribution < -0.4 is 0 Å². The van der Waals surface area contributed by atoms with Gasteiger partial charge in [-0.25, -0.2) is 0 Å². The Hall–Kier alpha value is -0.120. The Kier molecular flexibility index (Phi) is 3.79. The predicted octanol–water partition coefficient (Wildman–Crippen LogP) is 1.48. The summed E-state index contributed by atoms with van der Waals surface area (Å²) in [5.74, 6) is 0.980. The zero-order valence-corrected chi connectivity index (χ0v) is 9.08. The van der Waals surface area contributed by atoms with Gasteiger partial charge in [-0.15, -0.1) is 0 Å². The SMILES string of the molecule is CN(CCC1OCCCO1)CC1CC1. The summed E-state index contributed by atoms with van der Waals surface area (Å²) < 4.78 is 11.0. The molecular formula is C11H21NO2. The Morgan fingerprint density at radius 1 is 1.21 bits per heavy atom. The minimum atomic E-state index is 0.0606. The topological polar surface area (TPSA) is 21.7 Å². The Morgan fingerprint density at radius 3 is 2.57 bits per heavy atom. The predicted molar refractivity (Wildman–Crippen MR) is 55.1 cm³/mol. The maximum Gasteiger partial charge on any atom is 0.158 e. The van der Waals surface area contributed by atoms with E-state index in [2.05, 4.69) is 11.9 Å². The van der Waals surface area contributed by atoms with Gasteiger partial charge in [0, 0.05) is 19.5 Å². The molecule has 0 aromatic carbocycles. The van der Waals surface area contributed by atoms with Crippen LogP contribution in [0.5, 0.6) is 0 Å². The molecule has 2 fully saturated rings. The molecule has 3 nitrogen and oxygen atoms in total. The zero-order chi connectivity index (χ0) is 9.80. The third-order valence-electron chi connectivity index (χ3n) is 2.91. The molecule has 0 unspecified atom stereocenters. The van der Waals surface area contributed by atoms with Crippen molar-refractivity contribution in [3.63, 3.8) is 0 Å². The molecule has 1 saturated heterocycles. The molecule has 1 heterocycles. The summed E-state index contributed by atoms with van der Waals surface area (Å²) in [7, 11) is 2.20. The second-order valence-corrected chi connectivity index (χ2v) is 4.52. The lowest BCUT2D eigenvalue weighted by atomic mass is 10.3. The van der Waals surface area contributed by atoms with Crippen molar-refractivity contribution in [3.05, 3.63) is 0 Å². The molecule has 0 radical (unpaired) electrons. The summed E-state index contributed by atoms with van der Waals surface area (Å²) in [5.41, 5.74) is 0. The fourth-order valence-corrected chi connectivity index (χ4v) is 1.86. The average molecular weight is 199 g/mol. The number of hydrogen-bond donors (Lipinski definition) is 0. The largest absolute Gasteiger partial charge is 0.353 e. The minimum absolute atomic E-state index is 0.0606. The van der Waals surface area contributed by atoms with Crippen molar-refractivity contribution in [2.45, 2.75) is 32.0 Å². The summed E-state index contributed by atoms with van der Waals surface area (Å²) in [5, 5.41) is 0. The van der Waals surface area contributed by atoms with E-state index < -0.39 is 0 Å². The molecule has 3 heteroatoms. The normalized spacial score (nSPS) is 24.4. The lowest BCUT2D eigenvalue weighted by Crippen LogP contribution is -2.30. The molecule has 82 valence electrons. The van der Waals surface area contributed by atoms with Crippen molar-refractivity contribution in [1.29, 1.82) is 0 Å². The Morgan fingerprint density at radius 2 is 1.93 bits per heavy atom. The number of ether oxygens (including phenoxy) is 2. The monoisotopic (exact) mass is 199 g/mol. The molecular weight excluding hydrogens is 178 g/mol. The van der Waals surface area contributed by atoms with Crippen molar-refractivity contribution >= 4 is 0 Å². The van der Waals surface area contributed by atoms with E-state index in [9.17, 15) is 0 Å². The highest BCUT2D eigenvalue weighted by atomic mass is 16.7. The first-order valence-electron chi connectivity index (χ1n) is 5.76. The van der Waals surface area contributed by atoms with Crippen molar-refractivity contribution in [3.8, 4) is 0 Å². The van der Waals surface area contributed by atoms with E-state index in [1.807, 2.05) is 0 Å². The maximum absolute atomic E-state index is 5.50. The van der Waals surface area contributed by atoms with Gasteiger partial charge < -0.3 is 14.4 Å². The molecule has 0 N–H and O–H groups in total. The first-order chi connectivity index (χ1) is 6.84. The molecule has 14 heavy (non-hydrogen) atoms. The number of rotatable bonds is 5. The summed E-state index contributed by atoms with van der Waals surface area (Å²) in [4.78, 5) is 2.40. The fourth-order valence-electron chi connectivity index (χ4n) is 1.86. The van der Waals surface area contributed by atoms with E-state index in [0.717, 1.165) is 38.5 Å². The highest BCUT2D eigenvalue weighted by Crippen LogP contribution is 2.29. The number of nitrogens with zero attached hydrogens (tertiary/aromatic N) is 1. The van der Waals surface area contributed by atoms with E-state index in [1.165, 1.54) is 19.4 Å². The van der Waals surface area contributed by atoms with E-state index >= 15 is 0 Å². The van der Waals surface area contributed by atoms with Crippen LogP contribution in [-0.2, 0) is 9.47 Å². The van der Waals surface area contributed by atoms with Crippen LogP contribution in [0.2, 0.25) is 0 Å². The lowest BCUT2D eigenvalue weighted by Gasteiger charge is -2.25. The van der Waals surface area contributed by atoms with Crippen LogP contribution in [0, 0.1) is 5.92 Å². The van der Waals surface area contributed by atoms with Gasteiger partial charge in [0.15, 0.2) is 6.29 Å². The first kappa shape index (κ1) is 10.4. The van der Waals surface area contributed by atoms with Crippen molar-refractivity contribution in [2.75, 3.05) is 33.4 Å². The molecule has 0 aromatic heterocycles. The van der Waals surface area contributed by atoms with Gasteiger partial charge in [-0.2, -0.15) is 0 Å². The van der Waals surface area contributed by atoms with Gasteiger partial charge in [0.1, 0.15) is 0 Å². The van der Waals surface area contributed by atoms with E-state index in [-0.39, 0.29) is 6.29 Å². The van der Waals surface area contributed by atoms with Gasteiger partial charge in [-0.05, 0) is 32.2 Å². The van der Waals surface area contributed by atoms with Crippen LogP contribution in [0.25, 0.3) is 0 Å². The molecule has 2 rings (SSSR count). The fraction of sp³-hybridized carbons (Fsp3) is 1.00. The third-order valence-corrected chi connectivity index (χ3v) is 2.91. The third kappa shape index (κ3) is 3.56. The summed E-state index contributed by atoms with van der Waals surface area (Å²) in [6.07, 6.45) is 4.99. The molecule has 0 amide bonds. The van der Waals surface area contributed by atoms with Crippen molar-refractivity contribution in [2.24, 2.45) is 5.92 Å². The van der Waals surface area contributed by atoms with Gasteiger partial charge in [-0.1, -0.05) is 0 Å². The molecule has 1 saturated carbocycles. The summed E-state index contributed by atoms with van der Waals surface area (Å²) in [6.45, 7) is 4.10. The van der Waals surface area contributed by atoms with Crippen molar-refractivity contribution < 1.29 is 9.47 Å². The van der Waals surface area contributed by atoms with E-state index in [4.69, 9.17) is 9.47 Å². The van der Waals surface area contributed by atoms with Crippen LogP contribution in [0.1, 0.15) is 25.7 Å². The van der Waals surface area contributed by atoms with Gasteiger partial charge in [0.05, 0.1) is 13.2 Å². The molecule has 1 aliphatic heterocycles. The van der Waals surface area contributed by atoms with E-state index in [0.29, 0.717) is 0 Å². The van der Waals surface area contributed by atoms with Crippen LogP contribution in [0.3, 0.4) is 0 Å². The van der Waals surface area contributed by atoms with Crippen LogP contribution in [0.15, 0.2) is 0 Å². The lowest BCUT2D eigenvalue weighted by molar-refractivity contribution is -0.182. The van der Waals surface area contributed by atoms with Crippen LogP contribution >= 0.6 is 0 Å². The number of hydrogen-bond acceptors (Lipinski definition) is 3. The van der Waals surface area contributed by atoms with Crippen molar-refractivity contribution in [1.82, 2.24) is 4.90 Å². The first-order valence-corrected chi connectivity index (χ1v) is 5.76. The van der Waals surface area contributed by atoms with Gasteiger partial charge in [0.25, 0.3) is 0 Å². The Bertz CT molecular complexity index is 165. The molecule has 0 atom stereocenters. The second-order valence-electron chi connectivity index (χ2n) is 4.52.